The van der Waals surface area contributed by atoms with Gasteiger partial charge in [0.15, 0.2) is 0 Å². The van der Waals surface area contributed by atoms with E-state index in [2.05, 4.69) is 10.3 Å². The molecule has 0 saturated carbocycles. The Bertz CT molecular complexity index is 696. The Morgan fingerprint density at radius 2 is 2.24 bits per heavy atom. The first-order chi connectivity index (χ1) is 12.2. The van der Waals surface area contributed by atoms with E-state index in [1.165, 1.54) is 0 Å². The van der Waals surface area contributed by atoms with E-state index in [1.54, 1.807) is 18.3 Å². The molecular formula is C19H21ClN2O3. The molecule has 2 atom stereocenters. The number of ether oxygens (including phenoxy) is 2. The fraction of sp³-hybridized carbons (Fsp3) is 0.368. The van der Waals surface area contributed by atoms with Crippen molar-refractivity contribution in [3.8, 4) is 0 Å². The predicted octanol–water partition coefficient (Wildman–Crippen LogP) is 2.77. The summed E-state index contributed by atoms with van der Waals surface area (Å²) in [6.07, 6.45) is 2.58. The van der Waals surface area contributed by atoms with Gasteiger partial charge in [-0.2, -0.15) is 0 Å². The maximum absolute atomic E-state index is 12.3. The van der Waals surface area contributed by atoms with Crippen molar-refractivity contribution < 1.29 is 14.3 Å². The molecule has 1 saturated heterocycles. The smallest absolute Gasteiger partial charge is 0.224 e. The zero-order chi connectivity index (χ0) is 17.5. The van der Waals surface area contributed by atoms with Crippen LogP contribution in [0, 0.1) is 0 Å². The molecule has 1 fully saturated rings. The van der Waals surface area contributed by atoms with E-state index in [-0.39, 0.29) is 18.1 Å². The molecule has 25 heavy (non-hydrogen) atoms. The molecule has 1 amide bonds. The molecule has 132 valence electrons. The van der Waals surface area contributed by atoms with Gasteiger partial charge in [0.2, 0.25) is 5.91 Å². The Hall–Kier alpha value is -1.95. The minimum absolute atomic E-state index is 0.0411. The summed E-state index contributed by atoms with van der Waals surface area (Å²) in [6.45, 7) is 1.48. The van der Waals surface area contributed by atoms with Gasteiger partial charge in [0.25, 0.3) is 0 Å². The van der Waals surface area contributed by atoms with Gasteiger partial charge in [0.1, 0.15) is 6.10 Å². The highest BCUT2D eigenvalue weighted by Crippen LogP contribution is 2.15. The molecule has 5 nitrogen and oxygen atoms in total. The van der Waals surface area contributed by atoms with Crippen LogP contribution < -0.4 is 5.32 Å². The third kappa shape index (κ3) is 5.53. The zero-order valence-corrected chi connectivity index (χ0v) is 14.6. The van der Waals surface area contributed by atoms with Gasteiger partial charge in [-0.15, -0.1) is 0 Å². The van der Waals surface area contributed by atoms with Crippen LogP contribution in [0.1, 0.15) is 17.7 Å². The Morgan fingerprint density at radius 1 is 1.32 bits per heavy atom. The summed E-state index contributed by atoms with van der Waals surface area (Å²) < 4.78 is 11.4. The maximum atomic E-state index is 12.3. The van der Waals surface area contributed by atoms with Gasteiger partial charge in [0.05, 0.1) is 31.4 Å². The molecule has 1 aromatic carbocycles. The van der Waals surface area contributed by atoms with Gasteiger partial charge in [-0.25, -0.2) is 0 Å². The maximum Gasteiger partial charge on any atom is 0.224 e. The van der Waals surface area contributed by atoms with Gasteiger partial charge < -0.3 is 14.8 Å². The van der Waals surface area contributed by atoms with E-state index >= 15 is 0 Å². The quantitative estimate of drug-likeness (QED) is 0.860. The first-order valence-electron chi connectivity index (χ1n) is 8.34. The van der Waals surface area contributed by atoms with Gasteiger partial charge in [-0.3, -0.25) is 9.78 Å². The molecule has 1 aliphatic heterocycles. The van der Waals surface area contributed by atoms with Crippen LogP contribution in [0.3, 0.4) is 0 Å². The average Bonchev–Trinajstić information content (AvgIpc) is 2.62. The molecule has 0 bridgehead atoms. The Labute approximate surface area is 152 Å². The van der Waals surface area contributed by atoms with Crippen molar-refractivity contribution in [1.82, 2.24) is 10.3 Å². The zero-order valence-electron chi connectivity index (χ0n) is 13.9. The fourth-order valence-electron chi connectivity index (χ4n) is 2.81. The van der Waals surface area contributed by atoms with E-state index in [4.69, 9.17) is 21.1 Å². The number of amides is 1. The second kappa shape index (κ2) is 8.94. The summed E-state index contributed by atoms with van der Waals surface area (Å²) in [6, 6.07) is 13.0. The van der Waals surface area contributed by atoms with Crippen molar-refractivity contribution >= 4 is 17.5 Å². The summed E-state index contributed by atoms with van der Waals surface area (Å²) >= 11 is 5.97. The molecule has 6 heteroatoms. The van der Waals surface area contributed by atoms with E-state index < -0.39 is 0 Å². The largest absolute Gasteiger partial charge is 0.379 e. The summed E-state index contributed by atoms with van der Waals surface area (Å²) in [5.74, 6) is -0.0411. The van der Waals surface area contributed by atoms with E-state index in [1.807, 2.05) is 30.3 Å². The van der Waals surface area contributed by atoms with E-state index in [0.29, 0.717) is 31.3 Å². The van der Waals surface area contributed by atoms with Crippen LogP contribution in [0.2, 0.25) is 5.02 Å². The van der Waals surface area contributed by atoms with Crippen LogP contribution in [-0.4, -0.2) is 36.3 Å². The molecule has 0 aliphatic carbocycles. The molecule has 1 N–H and O–H groups in total. The van der Waals surface area contributed by atoms with Crippen molar-refractivity contribution in [3.05, 3.63) is 64.9 Å². The third-order valence-electron chi connectivity index (χ3n) is 4.08. The number of nitrogens with one attached hydrogen (secondary N) is 1. The minimum Gasteiger partial charge on any atom is -0.379 e. The highest BCUT2D eigenvalue weighted by Gasteiger charge is 2.28. The first-order valence-corrected chi connectivity index (χ1v) is 8.71. The summed E-state index contributed by atoms with van der Waals surface area (Å²) in [7, 11) is 0. The molecule has 2 aromatic rings. The number of rotatable bonds is 6. The Kier molecular flexibility index (Phi) is 6.39. The van der Waals surface area contributed by atoms with Gasteiger partial charge >= 0.3 is 0 Å². The second-order valence-corrected chi connectivity index (χ2v) is 6.45. The van der Waals surface area contributed by atoms with Crippen LogP contribution >= 0.6 is 11.6 Å². The van der Waals surface area contributed by atoms with E-state index in [9.17, 15) is 4.79 Å². The number of hydrogen-bond donors (Lipinski definition) is 1. The summed E-state index contributed by atoms with van der Waals surface area (Å²) in [5, 5.41) is 3.70. The standard InChI is InChI=1S/C19H21ClN2O3/c20-15-5-3-4-14(10-15)11-19(23)22-17-7-9-24-13-18(17)25-12-16-6-1-2-8-21-16/h1-6,8,10,17-18H,7,9,11-13H2,(H,22,23)/t17-,18-/m1/s1. The number of pyridine rings is 1. The van der Waals surface area contributed by atoms with E-state index in [0.717, 1.165) is 17.7 Å². The van der Waals surface area contributed by atoms with Crippen LogP contribution in [0.4, 0.5) is 0 Å². The van der Waals surface area contributed by atoms with Crippen LogP contribution in [0.15, 0.2) is 48.7 Å². The Balaban J connectivity index is 1.54. The molecule has 0 unspecified atom stereocenters. The number of benzene rings is 1. The van der Waals surface area contributed by atoms with Crippen LogP contribution in [0.5, 0.6) is 0 Å². The SMILES string of the molecule is O=C(Cc1cccc(Cl)c1)N[C@@H]1CCOC[C@H]1OCc1ccccn1. The normalized spacial score (nSPS) is 20.2. The number of halogens is 1. The number of hydrogen-bond acceptors (Lipinski definition) is 4. The number of carbonyl (C=O) groups is 1. The molecule has 0 spiro atoms. The lowest BCUT2D eigenvalue weighted by atomic mass is 10.0. The van der Waals surface area contributed by atoms with Crippen molar-refractivity contribution in [2.24, 2.45) is 0 Å². The van der Waals surface area contributed by atoms with Crippen LogP contribution in [0.25, 0.3) is 0 Å². The molecule has 0 radical (unpaired) electrons. The summed E-state index contributed by atoms with van der Waals surface area (Å²) in [4.78, 5) is 16.6. The number of nitrogens with zero attached hydrogens (tertiary/aromatic N) is 1. The highest BCUT2D eigenvalue weighted by atomic mass is 35.5. The van der Waals surface area contributed by atoms with Gasteiger partial charge in [-0.05, 0) is 36.2 Å². The second-order valence-electron chi connectivity index (χ2n) is 6.01. The van der Waals surface area contributed by atoms with Gasteiger partial charge in [-0.1, -0.05) is 29.8 Å². The average molecular weight is 361 g/mol. The van der Waals surface area contributed by atoms with Crippen LogP contribution in [-0.2, 0) is 27.3 Å². The molecule has 1 aliphatic rings. The van der Waals surface area contributed by atoms with Crippen molar-refractivity contribution in [1.29, 1.82) is 0 Å². The molecule has 2 heterocycles. The summed E-state index contributed by atoms with van der Waals surface area (Å²) in [5.41, 5.74) is 1.75. The van der Waals surface area contributed by atoms with Crippen molar-refractivity contribution in [2.75, 3.05) is 13.2 Å². The highest BCUT2D eigenvalue weighted by molar-refractivity contribution is 6.30. The molecule has 1 aromatic heterocycles. The monoisotopic (exact) mass is 360 g/mol. The lowest BCUT2D eigenvalue weighted by Gasteiger charge is -2.32. The lowest BCUT2D eigenvalue weighted by molar-refractivity contribution is -0.126. The van der Waals surface area contributed by atoms with Crippen molar-refractivity contribution in [3.63, 3.8) is 0 Å². The lowest BCUT2D eigenvalue weighted by Crippen LogP contribution is -2.50. The molecular weight excluding hydrogens is 340 g/mol. The topological polar surface area (TPSA) is 60.5 Å². The minimum atomic E-state index is -0.181. The molecule has 3 rings (SSSR count). The fourth-order valence-corrected chi connectivity index (χ4v) is 3.02. The predicted molar refractivity (Wildman–Crippen MR) is 95.3 cm³/mol. The number of carbonyl (C=O) groups excluding carboxylic acids is 1. The van der Waals surface area contributed by atoms with Gasteiger partial charge in [0, 0.05) is 17.8 Å². The Morgan fingerprint density at radius 3 is 3.04 bits per heavy atom. The third-order valence-corrected chi connectivity index (χ3v) is 4.31. The first kappa shape index (κ1) is 17.9. The number of aromatic nitrogens is 1. The van der Waals surface area contributed by atoms with Crippen molar-refractivity contribution in [2.45, 2.75) is 31.6 Å².